The van der Waals surface area contributed by atoms with E-state index >= 15 is 0 Å². The Hall–Kier alpha value is -2.70. The number of hydrogen-bond donors (Lipinski definition) is 1. The van der Waals surface area contributed by atoms with E-state index in [1.807, 2.05) is 0 Å². The van der Waals surface area contributed by atoms with E-state index in [1.165, 1.54) is 29.2 Å². The highest BCUT2D eigenvalue weighted by Crippen LogP contribution is 2.17. The molecule has 2 N–H and O–H groups in total. The first-order chi connectivity index (χ1) is 11.5. The number of amides is 2. The number of likely N-dealkylation sites (tertiary alicyclic amines) is 1. The molecule has 1 atom stereocenters. The van der Waals surface area contributed by atoms with Gasteiger partial charge in [0.25, 0.3) is 5.91 Å². The molecule has 0 radical (unpaired) electrons. The van der Waals surface area contributed by atoms with E-state index in [4.69, 9.17) is 10.5 Å². The van der Waals surface area contributed by atoms with Gasteiger partial charge < -0.3 is 15.4 Å². The van der Waals surface area contributed by atoms with Crippen molar-refractivity contribution in [3.8, 4) is 0 Å². The van der Waals surface area contributed by atoms with Gasteiger partial charge in [-0.15, -0.1) is 0 Å². The molecule has 1 aromatic rings. The van der Waals surface area contributed by atoms with Crippen molar-refractivity contribution in [1.82, 2.24) is 4.90 Å². The molecule has 1 aliphatic heterocycles. The molecule has 1 saturated heterocycles. The SMILES string of the molecule is NC(=O)[C@@H]1CCCCN1C(=O)COC(=O)/C=C/c1ccccc1F. The molecule has 1 heterocycles. The van der Waals surface area contributed by atoms with Crippen LogP contribution in [-0.2, 0) is 19.1 Å². The van der Waals surface area contributed by atoms with Crippen LogP contribution in [0.15, 0.2) is 30.3 Å². The molecule has 128 valence electrons. The van der Waals surface area contributed by atoms with E-state index in [9.17, 15) is 18.8 Å². The molecular formula is C17H19FN2O4. The Morgan fingerprint density at radius 3 is 2.75 bits per heavy atom. The van der Waals surface area contributed by atoms with Crippen LogP contribution < -0.4 is 5.73 Å². The molecule has 1 aromatic carbocycles. The highest BCUT2D eigenvalue weighted by Gasteiger charge is 2.30. The molecular weight excluding hydrogens is 315 g/mol. The molecule has 0 bridgehead atoms. The summed E-state index contributed by atoms with van der Waals surface area (Å²) in [6.45, 7) is -0.0702. The number of piperidine rings is 1. The summed E-state index contributed by atoms with van der Waals surface area (Å²) in [6.07, 6.45) is 4.43. The predicted octanol–water partition coefficient (Wildman–Crippen LogP) is 1.25. The van der Waals surface area contributed by atoms with Gasteiger partial charge in [-0.2, -0.15) is 0 Å². The average Bonchev–Trinajstić information content (AvgIpc) is 2.59. The van der Waals surface area contributed by atoms with E-state index < -0.39 is 36.2 Å². The Labute approximate surface area is 139 Å². The molecule has 0 aromatic heterocycles. The molecule has 0 saturated carbocycles. The Morgan fingerprint density at radius 2 is 2.04 bits per heavy atom. The minimum absolute atomic E-state index is 0.241. The van der Waals surface area contributed by atoms with Crippen LogP contribution in [0.3, 0.4) is 0 Å². The van der Waals surface area contributed by atoms with Crippen molar-refractivity contribution in [1.29, 1.82) is 0 Å². The van der Waals surface area contributed by atoms with Gasteiger partial charge in [-0.1, -0.05) is 18.2 Å². The van der Waals surface area contributed by atoms with Gasteiger partial charge in [-0.25, -0.2) is 9.18 Å². The third-order valence-electron chi connectivity index (χ3n) is 3.79. The second-order valence-corrected chi connectivity index (χ2v) is 5.46. The number of primary amides is 1. The fourth-order valence-corrected chi connectivity index (χ4v) is 2.56. The fraction of sp³-hybridized carbons (Fsp3) is 0.353. The Kier molecular flexibility index (Phi) is 6.06. The van der Waals surface area contributed by atoms with E-state index in [0.29, 0.717) is 13.0 Å². The zero-order valence-corrected chi connectivity index (χ0v) is 13.1. The van der Waals surface area contributed by atoms with Gasteiger partial charge >= 0.3 is 5.97 Å². The van der Waals surface area contributed by atoms with Gasteiger partial charge in [0.15, 0.2) is 6.61 Å². The minimum Gasteiger partial charge on any atom is -0.452 e. The van der Waals surface area contributed by atoms with Crippen molar-refractivity contribution in [2.75, 3.05) is 13.2 Å². The summed E-state index contributed by atoms with van der Waals surface area (Å²) < 4.78 is 18.3. The highest BCUT2D eigenvalue weighted by molar-refractivity contribution is 5.91. The van der Waals surface area contributed by atoms with Crippen molar-refractivity contribution < 1.29 is 23.5 Å². The number of hydrogen-bond acceptors (Lipinski definition) is 4. The summed E-state index contributed by atoms with van der Waals surface area (Å²) >= 11 is 0. The highest BCUT2D eigenvalue weighted by atomic mass is 19.1. The van der Waals surface area contributed by atoms with Crippen LogP contribution in [0.2, 0.25) is 0 Å². The van der Waals surface area contributed by atoms with Crippen molar-refractivity contribution in [3.05, 3.63) is 41.7 Å². The largest absolute Gasteiger partial charge is 0.452 e. The van der Waals surface area contributed by atoms with Crippen LogP contribution >= 0.6 is 0 Å². The first kappa shape index (κ1) is 17.7. The lowest BCUT2D eigenvalue weighted by molar-refractivity contribution is -0.151. The normalized spacial score (nSPS) is 17.7. The standard InChI is InChI=1S/C17H19FN2O4/c18-13-6-2-1-5-12(13)8-9-16(22)24-11-15(21)20-10-4-3-7-14(20)17(19)23/h1-2,5-6,8-9,14H,3-4,7,10-11H2,(H2,19,23)/b9-8+/t14-/m0/s1. The summed E-state index contributed by atoms with van der Waals surface area (Å²) in [5, 5.41) is 0. The number of halogens is 1. The van der Waals surface area contributed by atoms with Crippen molar-refractivity contribution in [2.24, 2.45) is 5.73 Å². The minimum atomic E-state index is -0.765. The number of ether oxygens (including phenoxy) is 1. The Balaban J connectivity index is 1.88. The summed E-state index contributed by atoms with van der Waals surface area (Å²) in [7, 11) is 0. The lowest BCUT2D eigenvalue weighted by atomic mass is 10.0. The van der Waals surface area contributed by atoms with Crippen LogP contribution in [0.25, 0.3) is 6.08 Å². The topological polar surface area (TPSA) is 89.7 Å². The van der Waals surface area contributed by atoms with Gasteiger partial charge in [0.05, 0.1) is 0 Å². The van der Waals surface area contributed by atoms with Crippen molar-refractivity contribution in [2.45, 2.75) is 25.3 Å². The maximum Gasteiger partial charge on any atom is 0.331 e. The third kappa shape index (κ3) is 4.65. The lowest BCUT2D eigenvalue weighted by Gasteiger charge is -2.33. The molecule has 2 amide bonds. The molecule has 1 aliphatic rings. The predicted molar refractivity (Wildman–Crippen MR) is 84.9 cm³/mol. The quantitative estimate of drug-likeness (QED) is 0.648. The van der Waals surface area contributed by atoms with Crippen molar-refractivity contribution >= 4 is 23.9 Å². The average molecular weight is 334 g/mol. The molecule has 6 nitrogen and oxygen atoms in total. The molecule has 2 rings (SSSR count). The van der Waals surface area contributed by atoms with Crippen LogP contribution in [0.4, 0.5) is 4.39 Å². The number of benzene rings is 1. The Morgan fingerprint density at radius 1 is 1.29 bits per heavy atom. The number of carbonyl (C=O) groups is 3. The molecule has 24 heavy (non-hydrogen) atoms. The summed E-state index contributed by atoms with van der Waals surface area (Å²) in [5.41, 5.74) is 5.53. The molecule has 0 unspecified atom stereocenters. The van der Waals surface area contributed by atoms with Crippen LogP contribution in [0, 0.1) is 5.82 Å². The molecule has 0 spiro atoms. The summed E-state index contributed by atoms with van der Waals surface area (Å²) in [6, 6.07) is 5.30. The maximum absolute atomic E-state index is 13.4. The van der Waals surface area contributed by atoms with Gasteiger partial charge in [-0.3, -0.25) is 9.59 Å². The van der Waals surface area contributed by atoms with Crippen LogP contribution in [-0.4, -0.2) is 41.9 Å². The number of esters is 1. The second-order valence-electron chi connectivity index (χ2n) is 5.46. The first-order valence-electron chi connectivity index (χ1n) is 7.67. The van der Waals surface area contributed by atoms with E-state index in [2.05, 4.69) is 0 Å². The molecule has 7 heteroatoms. The number of rotatable bonds is 5. The summed E-state index contributed by atoms with van der Waals surface area (Å²) in [4.78, 5) is 36.5. The zero-order valence-electron chi connectivity index (χ0n) is 13.1. The summed E-state index contributed by atoms with van der Waals surface area (Å²) in [5.74, 6) is -2.26. The van der Waals surface area contributed by atoms with E-state index in [-0.39, 0.29) is 5.56 Å². The van der Waals surface area contributed by atoms with Crippen molar-refractivity contribution in [3.63, 3.8) is 0 Å². The second kappa shape index (κ2) is 8.24. The first-order valence-corrected chi connectivity index (χ1v) is 7.67. The Bertz CT molecular complexity index is 660. The van der Waals surface area contributed by atoms with Crippen LogP contribution in [0.1, 0.15) is 24.8 Å². The molecule has 0 aliphatic carbocycles. The fourth-order valence-electron chi connectivity index (χ4n) is 2.56. The number of carbonyl (C=O) groups excluding carboxylic acids is 3. The van der Waals surface area contributed by atoms with Gasteiger partial charge in [0.1, 0.15) is 11.9 Å². The van der Waals surface area contributed by atoms with E-state index in [1.54, 1.807) is 6.07 Å². The monoisotopic (exact) mass is 334 g/mol. The lowest BCUT2D eigenvalue weighted by Crippen LogP contribution is -2.51. The van der Waals surface area contributed by atoms with Gasteiger partial charge in [-0.05, 0) is 31.4 Å². The number of nitrogens with two attached hydrogens (primary N) is 1. The van der Waals surface area contributed by atoms with Crippen LogP contribution in [0.5, 0.6) is 0 Å². The molecule has 1 fully saturated rings. The zero-order chi connectivity index (χ0) is 17.5. The third-order valence-corrected chi connectivity index (χ3v) is 3.79. The van der Waals surface area contributed by atoms with Gasteiger partial charge in [0.2, 0.25) is 5.91 Å². The maximum atomic E-state index is 13.4. The van der Waals surface area contributed by atoms with E-state index in [0.717, 1.165) is 18.9 Å². The number of nitrogens with zero attached hydrogens (tertiary/aromatic N) is 1. The smallest absolute Gasteiger partial charge is 0.331 e. The van der Waals surface area contributed by atoms with Gasteiger partial charge in [0, 0.05) is 18.2 Å².